The van der Waals surface area contributed by atoms with Crippen molar-refractivity contribution in [3.8, 4) is 0 Å². The van der Waals surface area contributed by atoms with Gasteiger partial charge in [-0.15, -0.1) is 0 Å². The Kier molecular flexibility index (Phi) is 3.59. The Morgan fingerprint density at radius 3 is 2.70 bits per heavy atom. The van der Waals surface area contributed by atoms with Crippen LogP contribution in [0, 0.1) is 0 Å². The second kappa shape index (κ2) is 5.70. The molecule has 2 heterocycles. The van der Waals surface area contributed by atoms with E-state index in [1.54, 1.807) is 6.20 Å². The van der Waals surface area contributed by atoms with Crippen molar-refractivity contribution in [2.24, 2.45) is 5.16 Å². The molecular weight excluding hydrogens is 248 g/mol. The number of hydrogen-bond acceptors (Lipinski definition) is 3. The molecule has 0 amide bonds. The van der Waals surface area contributed by atoms with E-state index in [1.165, 1.54) is 5.56 Å². The summed E-state index contributed by atoms with van der Waals surface area (Å²) < 4.78 is 0. The van der Waals surface area contributed by atoms with Gasteiger partial charge in [0.05, 0.1) is 11.4 Å². The Balaban J connectivity index is 1.85. The summed E-state index contributed by atoms with van der Waals surface area (Å²) in [6, 6.07) is 14.1. The minimum Gasteiger partial charge on any atom is -0.387 e. The maximum atomic E-state index is 5.48. The van der Waals surface area contributed by atoms with Crippen molar-refractivity contribution in [3.63, 3.8) is 0 Å². The van der Waals surface area contributed by atoms with E-state index in [9.17, 15) is 0 Å². The summed E-state index contributed by atoms with van der Waals surface area (Å²) in [4.78, 5) is 9.77. The van der Waals surface area contributed by atoms with E-state index < -0.39 is 0 Å². The summed E-state index contributed by atoms with van der Waals surface area (Å²) in [5.74, 6) is 0. The Hall–Kier alpha value is -2.42. The number of hydrogen-bond donors (Lipinski definition) is 0. The molecule has 1 aliphatic heterocycles. The Bertz CT molecular complexity index is 647. The fourth-order valence-electron chi connectivity index (χ4n) is 2.27. The van der Waals surface area contributed by atoms with Crippen molar-refractivity contribution in [2.75, 3.05) is 0 Å². The van der Waals surface area contributed by atoms with Gasteiger partial charge < -0.3 is 4.84 Å². The van der Waals surface area contributed by atoms with Gasteiger partial charge in [0, 0.05) is 18.2 Å². The molecule has 0 unspecified atom stereocenters. The monoisotopic (exact) mass is 264 g/mol. The largest absolute Gasteiger partial charge is 0.387 e. The maximum absolute atomic E-state index is 5.48. The number of rotatable bonds is 3. The lowest BCUT2D eigenvalue weighted by Gasteiger charge is -2.11. The molecule has 2 aromatic rings. The van der Waals surface area contributed by atoms with Crippen LogP contribution < -0.4 is 0 Å². The van der Waals surface area contributed by atoms with Gasteiger partial charge in [0.2, 0.25) is 0 Å². The molecule has 0 N–H and O–H groups in total. The van der Waals surface area contributed by atoms with Gasteiger partial charge in [-0.25, -0.2) is 0 Å². The van der Waals surface area contributed by atoms with Crippen molar-refractivity contribution >= 4 is 17.9 Å². The van der Waals surface area contributed by atoms with Crippen LogP contribution in [0.15, 0.2) is 53.8 Å². The van der Waals surface area contributed by atoms with Gasteiger partial charge in [0.15, 0.2) is 6.10 Å². The van der Waals surface area contributed by atoms with E-state index >= 15 is 0 Å². The van der Waals surface area contributed by atoms with Crippen molar-refractivity contribution in [3.05, 3.63) is 65.5 Å². The average Bonchev–Trinajstić information content (AvgIpc) is 2.93. The number of nitrogens with zero attached hydrogens (tertiary/aromatic N) is 2. The molecule has 3 heteroatoms. The highest BCUT2D eigenvalue weighted by Gasteiger charge is 2.21. The Morgan fingerprint density at radius 2 is 1.95 bits per heavy atom. The van der Waals surface area contributed by atoms with Crippen molar-refractivity contribution in [1.82, 2.24) is 4.98 Å². The molecule has 3 nitrogen and oxygen atoms in total. The molecule has 1 atom stereocenters. The van der Waals surface area contributed by atoms with E-state index in [2.05, 4.69) is 28.3 Å². The second-order valence-corrected chi connectivity index (χ2v) is 4.84. The quantitative estimate of drug-likeness (QED) is 0.836. The maximum Gasteiger partial charge on any atom is 0.158 e. The zero-order valence-corrected chi connectivity index (χ0v) is 11.4. The highest BCUT2D eigenvalue weighted by atomic mass is 16.6. The molecule has 1 aromatic heterocycles. The summed E-state index contributed by atoms with van der Waals surface area (Å²) in [5.41, 5.74) is 4.30. The highest BCUT2D eigenvalue weighted by Crippen LogP contribution is 2.30. The summed E-state index contributed by atoms with van der Waals surface area (Å²) in [6.45, 7) is 1.99. The van der Waals surface area contributed by atoms with Crippen LogP contribution in [0.1, 0.15) is 36.3 Å². The SMILES string of the molecule is CC1=NO[C@@H](c2ccccc2/C=C/c2ccccn2)C1. The lowest BCUT2D eigenvalue weighted by molar-refractivity contribution is 0.0856. The average molecular weight is 264 g/mol. The van der Waals surface area contributed by atoms with Gasteiger partial charge in [0.25, 0.3) is 0 Å². The molecule has 0 saturated heterocycles. The molecule has 0 fully saturated rings. The van der Waals surface area contributed by atoms with Crippen molar-refractivity contribution < 1.29 is 4.84 Å². The third kappa shape index (κ3) is 2.77. The molecule has 0 bridgehead atoms. The van der Waals surface area contributed by atoms with Gasteiger partial charge in [-0.2, -0.15) is 0 Å². The fourth-order valence-corrected chi connectivity index (χ4v) is 2.27. The predicted octanol–water partition coefficient (Wildman–Crippen LogP) is 4.09. The van der Waals surface area contributed by atoms with Crippen LogP contribution in [0.2, 0.25) is 0 Å². The first kappa shape index (κ1) is 12.6. The molecule has 0 radical (unpaired) electrons. The standard InChI is InChI=1S/C17H16N2O/c1-13-12-17(20-19-13)16-8-3-2-6-14(16)9-10-15-7-4-5-11-18-15/h2-11,17H,12H2,1H3/b10-9+/t17-/m1/s1. The molecule has 0 spiro atoms. The van der Waals surface area contributed by atoms with Crippen LogP contribution in [0.25, 0.3) is 12.2 Å². The first-order valence-corrected chi connectivity index (χ1v) is 6.70. The Labute approximate surface area is 118 Å². The number of benzene rings is 1. The predicted molar refractivity (Wildman–Crippen MR) is 81.2 cm³/mol. The zero-order valence-electron chi connectivity index (χ0n) is 11.4. The molecular formula is C17H16N2O. The number of oxime groups is 1. The van der Waals surface area contributed by atoms with E-state index in [0.717, 1.165) is 23.4 Å². The van der Waals surface area contributed by atoms with Crippen molar-refractivity contribution in [2.45, 2.75) is 19.4 Å². The van der Waals surface area contributed by atoms with Gasteiger partial charge in [-0.1, -0.05) is 41.6 Å². The lowest BCUT2D eigenvalue weighted by atomic mass is 9.99. The third-order valence-electron chi connectivity index (χ3n) is 3.28. The topological polar surface area (TPSA) is 34.5 Å². The fraction of sp³-hybridized carbons (Fsp3) is 0.176. The molecule has 0 saturated carbocycles. The molecule has 1 aliphatic rings. The van der Waals surface area contributed by atoms with Crippen LogP contribution in [0.3, 0.4) is 0 Å². The minimum absolute atomic E-state index is 0.0274. The van der Waals surface area contributed by atoms with Gasteiger partial charge >= 0.3 is 0 Å². The van der Waals surface area contributed by atoms with Gasteiger partial charge in [0.1, 0.15) is 0 Å². The smallest absolute Gasteiger partial charge is 0.158 e. The lowest BCUT2D eigenvalue weighted by Crippen LogP contribution is -2.00. The van der Waals surface area contributed by atoms with E-state index in [0.29, 0.717) is 0 Å². The summed E-state index contributed by atoms with van der Waals surface area (Å²) >= 11 is 0. The molecule has 1 aromatic carbocycles. The minimum atomic E-state index is 0.0274. The number of pyridine rings is 1. The summed E-state index contributed by atoms with van der Waals surface area (Å²) in [6.07, 6.45) is 6.77. The highest BCUT2D eigenvalue weighted by molar-refractivity contribution is 5.83. The van der Waals surface area contributed by atoms with Gasteiger partial charge in [-0.3, -0.25) is 4.98 Å². The molecule has 0 aliphatic carbocycles. The van der Waals surface area contributed by atoms with Crippen LogP contribution in [-0.4, -0.2) is 10.7 Å². The second-order valence-electron chi connectivity index (χ2n) is 4.84. The van der Waals surface area contributed by atoms with Gasteiger partial charge in [-0.05, 0) is 30.7 Å². The van der Waals surface area contributed by atoms with Crippen LogP contribution in [-0.2, 0) is 4.84 Å². The van der Waals surface area contributed by atoms with Crippen LogP contribution >= 0.6 is 0 Å². The van der Waals surface area contributed by atoms with E-state index in [1.807, 2.05) is 43.3 Å². The van der Waals surface area contributed by atoms with Crippen LogP contribution in [0.5, 0.6) is 0 Å². The molecule has 3 rings (SSSR count). The first-order chi connectivity index (χ1) is 9.83. The third-order valence-corrected chi connectivity index (χ3v) is 3.28. The van der Waals surface area contributed by atoms with Crippen molar-refractivity contribution in [1.29, 1.82) is 0 Å². The molecule has 20 heavy (non-hydrogen) atoms. The first-order valence-electron chi connectivity index (χ1n) is 6.70. The number of aromatic nitrogens is 1. The van der Waals surface area contributed by atoms with Crippen LogP contribution in [0.4, 0.5) is 0 Å². The normalized spacial score (nSPS) is 18.1. The molecule has 100 valence electrons. The summed E-state index contributed by atoms with van der Waals surface area (Å²) in [7, 11) is 0. The van der Waals surface area contributed by atoms with E-state index in [-0.39, 0.29) is 6.10 Å². The van der Waals surface area contributed by atoms with E-state index in [4.69, 9.17) is 4.84 Å². The summed E-state index contributed by atoms with van der Waals surface area (Å²) in [5, 5.41) is 4.03. The Morgan fingerprint density at radius 1 is 1.10 bits per heavy atom. The zero-order chi connectivity index (χ0) is 13.8.